The topological polar surface area (TPSA) is 168 Å². The number of carbonyl (C=O) groups excluding carboxylic acids is 4. The highest BCUT2D eigenvalue weighted by molar-refractivity contribution is 7.90. The summed E-state index contributed by atoms with van der Waals surface area (Å²) in [6.07, 6.45) is 6.78. The van der Waals surface area contributed by atoms with Gasteiger partial charge >= 0.3 is 10.2 Å². The van der Waals surface area contributed by atoms with Crippen LogP contribution in [0.3, 0.4) is 0 Å². The number of aromatic nitrogens is 2. The first-order valence-corrected chi connectivity index (χ1v) is 25.0. The van der Waals surface area contributed by atoms with Gasteiger partial charge in [0.1, 0.15) is 23.7 Å². The van der Waals surface area contributed by atoms with E-state index in [0.29, 0.717) is 58.8 Å². The van der Waals surface area contributed by atoms with Gasteiger partial charge in [-0.2, -0.15) is 12.7 Å². The number of aromatic amines is 1. The van der Waals surface area contributed by atoms with Crippen molar-refractivity contribution in [2.45, 2.75) is 69.6 Å². The molecule has 2 aromatic heterocycles. The molecular formula is C50H51F3N8O6S. The minimum absolute atomic E-state index is 0.00551. The minimum Gasteiger partial charge on any atom is -0.371 e. The molecule has 3 aromatic carbocycles. The first kappa shape index (κ1) is 44.4. The highest BCUT2D eigenvalue weighted by Crippen LogP contribution is 2.45. The zero-order valence-corrected chi connectivity index (χ0v) is 38.0. The summed E-state index contributed by atoms with van der Waals surface area (Å²) in [5.41, 5.74) is 4.27. The number of piperidine rings is 2. The lowest BCUT2D eigenvalue weighted by atomic mass is 9.86. The number of hydrogen-bond acceptors (Lipinski definition) is 9. The van der Waals surface area contributed by atoms with E-state index in [-0.39, 0.29) is 43.3 Å². The van der Waals surface area contributed by atoms with Gasteiger partial charge < -0.3 is 19.7 Å². The predicted octanol–water partition coefficient (Wildman–Crippen LogP) is 6.54. The molecule has 68 heavy (non-hydrogen) atoms. The number of anilines is 2. The largest absolute Gasteiger partial charge is 0.371 e. The lowest BCUT2D eigenvalue weighted by Crippen LogP contribution is -2.52. The van der Waals surface area contributed by atoms with Gasteiger partial charge in [0, 0.05) is 85.8 Å². The molecule has 6 aliphatic rings. The fraction of sp³-hybridized carbons (Fsp3) is 0.420. The van der Waals surface area contributed by atoms with Gasteiger partial charge in [0.15, 0.2) is 5.82 Å². The molecular weight excluding hydrogens is 898 g/mol. The third-order valence-electron chi connectivity index (χ3n) is 15.4. The fourth-order valence-electron chi connectivity index (χ4n) is 11.7. The number of rotatable bonds is 11. The number of H-pyrrole nitrogens is 1. The van der Waals surface area contributed by atoms with E-state index >= 15 is 8.78 Å². The van der Waals surface area contributed by atoms with E-state index in [1.54, 1.807) is 17.2 Å². The van der Waals surface area contributed by atoms with Crippen LogP contribution in [0.4, 0.5) is 24.5 Å². The lowest BCUT2D eigenvalue weighted by molar-refractivity contribution is -0.136. The van der Waals surface area contributed by atoms with E-state index in [9.17, 15) is 32.0 Å². The molecule has 5 atom stereocenters. The molecule has 0 spiro atoms. The lowest BCUT2D eigenvalue weighted by Gasteiger charge is -2.35. The number of hydrogen-bond donors (Lipinski definition) is 3. The predicted molar refractivity (Wildman–Crippen MR) is 248 cm³/mol. The second-order valence-corrected chi connectivity index (χ2v) is 21.1. The highest BCUT2D eigenvalue weighted by atomic mass is 32.2. The smallest absolute Gasteiger partial charge is 0.301 e. The van der Waals surface area contributed by atoms with E-state index < -0.39 is 57.0 Å². The van der Waals surface area contributed by atoms with E-state index in [1.165, 1.54) is 24.6 Å². The Morgan fingerprint density at radius 2 is 1.68 bits per heavy atom. The highest BCUT2D eigenvalue weighted by Gasteiger charge is 2.44. The summed E-state index contributed by atoms with van der Waals surface area (Å²) in [4.78, 5) is 65.4. The molecule has 1 unspecified atom stereocenters. The van der Waals surface area contributed by atoms with E-state index in [2.05, 4.69) is 54.1 Å². The molecule has 18 heteroatoms. The van der Waals surface area contributed by atoms with Crippen LogP contribution in [0.1, 0.15) is 88.3 Å². The molecule has 5 aromatic rings. The first-order chi connectivity index (χ1) is 32.8. The Labute approximate surface area is 391 Å². The Bertz CT molecular complexity index is 2980. The molecule has 354 valence electrons. The number of alkyl halides is 1. The Morgan fingerprint density at radius 1 is 0.868 bits per heavy atom. The molecule has 5 aliphatic heterocycles. The number of ketones is 1. The Morgan fingerprint density at radius 3 is 2.44 bits per heavy atom. The van der Waals surface area contributed by atoms with Crippen molar-refractivity contribution < 1.29 is 40.8 Å². The van der Waals surface area contributed by atoms with Gasteiger partial charge in [0.2, 0.25) is 17.6 Å². The maximum Gasteiger partial charge on any atom is 0.301 e. The SMILES string of the molecule is O=C1CCC(N2Cc3cc(C4CCN(C[C@H]5CC[C@H]6CN(c7ccc(-c8cnc9[nH]cc(C(=O)c%10c(F)ccc(NS(=O)(=O)N%11CC[C@@H](F)C%11)c%10F)c9c8)cc7)C[C@H]56)CC4)ccc3C2=O)C(=O)N1. The molecule has 7 heterocycles. The van der Waals surface area contributed by atoms with Crippen LogP contribution >= 0.6 is 0 Å². The monoisotopic (exact) mass is 948 g/mol. The quantitative estimate of drug-likeness (QED) is 0.0984. The molecule has 5 fully saturated rings. The molecule has 1 saturated carbocycles. The summed E-state index contributed by atoms with van der Waals surface area (Å²) in [6.45, 7) is 5.03. The summed E-state index contributed by atoms with van der Waals surface area (Å²) < 4.78 is 73.3. The Kier molecular flexibility index (Phi) is 11.4. The summed E-state index contributed by atoms with van der Waals surface area (Å²) in [5.74, 6) is -2.09. The van der Waals surface area contributed by atoms with Crippen LogP contribution in [-0.2, 0) is 26.3 Å². The van der Waals surface area contributed by atoms with Crippen LogP contribution in [0.2, 0.25) is 0 Å². The maximum absolute atomic E-state index is 15.8. The number of amides is 3. The molecule has 0 bridgehead atoms. The Hall–Kier alpha value is -6.11. The van der Waals surface area contributed by atoms with Gasteiger partial charge in [-0.3, -0.25) is 29.2 Å². The number of fused-ring (bicyclic) bond motifs is 3. The number of pyridine rings is 1. The van der Waals surface area contributed by atoms with Crippen molar-refractivity contribution in [1.82, 2.24) is 29.4 Å². The van der Waals surface area contributed by atoms with Crippen molar-refractivity contribution in [3.63, 3.8) is 0 Å². The molecule has 4 saturated heterocycles. The van der Waals surface area contributed by atoms with Crippen LogP contribution in [0.5, 0.6) is 0 Å². The van der Waals surface area contributed by atoms with Gasteiger partial charge in [0.05, 0.1) is 11.3 Å². The maximum atomic E-state index is 15.8. The van der Waals surface area contributed by atoms with Crippen LogP contribution in [0.15, 0.2) is 73.1 Å². The number of halogens is 3. The number of imide groups is 1. The number of likely N-dealkylation sites (tertiary alicyclic amines) is 1. The van der Waals surface area contributed by atoms with E-state index in [1.807, 2.05) is 18.2 Å². The second kappa shape index (κ2) is 17.4. The van der Waals surface area contributed by atoms with Crippen LogP contribution in [0, 0.1) is 29.4 Å². The van der Waals surface area contributed by atoms with Gasteiger partial charge in [-0.05, 0) is 128 Å². The van der Waals surface area contributed by atoms with Gasteiger partial charge in [0.25, 0.3) is 5.91 Å². The number of benzene rings is 3. The summed E-state index contributed by atoms with van der Waals surface area (Å²) >= 11 is 0. The minimum atomic E-state index is -4.36. The average molecular weight is 949 g/mol. The fourth-order valence-corrected chi connectivity index (χ4v) is 13.0. The summed E-state index contributed by atoms with van der Waals surface area (Å²) in [6, 6.07) is 17.2. The van der Waals surface area contributed by atoms with Crippen molar-refractivity contribution in [2.24, 2.45) is 17.8 Å². The number of nitrogens with one attached hydrogen (secondary N) is 3. The molecule has 11 rings (SSSR count). The third kappa shape index (κ3) is 8.12. The average Bonchev–Trinajstić information content (AvgIpc) is 4.18. The zero-order chi connectivity index (χ0) is 47.0. The molecule has 3 amide bonds. The van der Waals surface area contributed by atoms with Gasteiger partial charge in [-0.1, -0.05) is 24.3 Å². The van der Waals surface area contributed by atoms with Gasteiger partial charge in [-0.25, -0.2) is 18.2 Å². The molecule has 3 N–H and O–H groups in total. The van der Waals surface area contributed by atoms with Crippen molar-refractivity contribution in [1.29, 1.82) is 0 Å². The molecule has 1 aliphatic carbocycles. The Balaban J connectivity index is 0.708. The molecule has 14 nitrogen and oxygen atoms in total. The standard InChI is InChI=1S/C50H51F3N8O6S/c51-35-15-18-60(26-35)68(66,67)57-42-10-9-41(52)45(46(42)53)47(63)39-22-55-48-38(39)20-33(21-54-48)28-3-6-36(7-4-28)59-24-32-2-1-31(40(32)27-59)23-58-16-13-29(14-17-58)30-5-8-37-34(19-30)25-61(50(37)65)43-11-12-44(62)56-49(43)64/h3-10,19-22,29,31-32,35,40,43,57H,1-2,11-18,23-27H2,(H,54,55)(H,56,62,64)/t31-,32+,35-,40-,43?/m1/s1. The van der Waals surface area contributed by atoms with E-state index in [0.717, 1.165) is 78.8 Å². The number of carbonyl (C=O) groups is 4. The van der Waals surface area contributed by atoms with Crippen molar-refractivity contribution >= 4 is 56.1 Å². The normalized spacial score (nSPS) is 24.8. The van der Waals surface area contributed by atoms with Crippen molar-refractivity contribution in [2.75, 3.05) is 55.4 Å². The summed E-state index contributed by atoms with van der Waals surface area (Å²) in [5, 5.41) is 2.72. The van der Waals surface area contributed by atoms with Crippen LogP contribution < -0.4 is 14.9 Å². The van der Waals surface area contributed by atoms with Gasteiger partial charge in [-0.15, -0.1) is 0 Å². The van der Waals surface area contributed by atoms with E-state index in [4.69, 9.17) is 0 Å². The number of nitrogens with zero attached hydrogens (tertiary/aromatic N) is 5. The van der Waals surface area contributed by atoms with Crippen LogP contribution in [-0.4, -0.2) is 114 Å². The van der Waals surface area contributed by atoms with Crippen molar-refractivity contribution in [3.8, 4) is 11.1 Å². The third-order valence-corrected chi connectivity index (χ3v) is 16.9. The molecule has 0 radical (unpaired) electrons. The second-order valence-electron chi connectivity index (χ2n) is 19.4. The zero-order valence-electron chi connectivity index (χ0n) is 37.2. The van der Waals surface area contributed by atoms with Crippen LogP contribution in [0.25, 0.3) is 22.2 Å². The first-order valence-electron chi connectivity index (χ1n) is 23.5. The van der Waals surface area contributed by atoms with Crippen molar-refractivity contribution in [3.05, 3.63) is 113 Å². The summed E-state index contributed by atoms with van der Waals surface area (Å²) in [7, 11) is -4.36.